The summed E-state index contributed by atoms with van der Waals surface area (Å²) < 4.78 is 18.5. The molecule has 0 spiro atoms. The van der Waals surface area contributed by atoms with E-state index in [1.807, 2.05) is 31.3 Å². The molecular formula is C17H18FN3O. The molecule has 1 aromatic heterocycles. The molecule has 4 nitrogen and oxygen atoms in total. The third kappa shape index (κ3) is 3.62. The van der Waals surface area contributed by atoms with E-state index in [1.54, 1.807) is 12.1 Å². The second-order valence-corrected chi connectivity index (χ2v) is 5.28. The molecule has 114 valence electrons. The van der Waals surface area contributed by atoms with E-state index in [9.17, 15) is 4.39 Å². The number of oxazole rings is 1. The third-order valence-corrected chi connectivity index (χ3v) is 3.43. The van der Waals surface area contributed by atoms with Gasteiger partial charge in [0.25, 0.3) is 6.01 Å². The highest BCUT2D eigenvalue weighted by Crippen LogP contribution is 2.17. The van der Waals surface area contributed by atoms with Gasteiger partial charge >= 0.3 is 0 Å². The normalized spacial score (nSPS) is 11.2. The van der Waals surface area contributed by atoms with Gasteiger partial charge in [0.15, 0.2) is 5.58 Å². The Labute approximate surface area is 128 Å². The number of hydrogen-bond donors (Lipinski definition) is 1. The summed E-state index contributed by atoms with van der Waals surface area (Å²) in [7, 11) is 2.02. The SMILES string of the molecule is CN(CCNc1nc2ccccc2o1)Cc1ccc(F)cc1. The first kappa shape index (κ1) is 14.5. The minimum Gasteiger partial charge on any atom is -0.424 e. The Hall–Kier alpha value is -2.40. The first-order valence-electron chi connectivity index (χ1n) is 7.23. The first-order valence-corrected chi connectivity index (χ1v) is 7.23. The molecule has 2 aromatic carbocycles. The summed E-state index contributed by atoms with van der Waals surface area (Å²) in [6, 6.07) is 14.8. The number of rotatable bonds is 6. The molecule has 0 atom stereocenters. The Morgan fingerprint density at radius 3 is 2.68 bits per heavy atom. The summed E-state index contributed by atoms with van der Waals surface area (Å²) in [4.78, 5) is 6.52. The zero-order chi connectivity index (χ0) is 15.4. The molecule has 3 aromatic rings. The predicted molar refractivity (Wildman–Crippen MR) is 85.2 cm³/mol. The van der Waals surface area contributed by atoms with Crippen molar-refractivity contribution >= 4 is 17.1 Å². The summed E-state index contributed by atoms with van der Waals surface area (Å²) in [5.74, 6) is -0.205. The van der Waals surface area contributed by atoms with Crippen LogP contribution in [0.15, 0.2) is 52.9 Å². The lowest BCUT2D eigenvalue weighted by atomic mass is 10.2. The van der Waals surface area contributed by atoms with Gasteiger partial charge in [0.2, 0.25) is 0 Å². The molecule has 1 heterocycles. The first-order chi connectivity index (χ1) is 10.7. The van der Waals surface area contributed by atoms with Crippen LogP contribution in [0.5, 0.6) is 0 Å². The highest BCUT2D eigenvalue weighted by molar-refractivity contribution is 5.74. The third-order valence-electron chi connectivity index (χ3n) is 3.43. The van der Waals surface area contributed by atoms with E-state index in [2.05, 4.69) is 15.2 Å². The van der Waals surface area contributed by atoms with Gasteiger partial charge in [0.05, 0.1) is 0 Å². The Kier molecular flexibility index (Phi) is 4.34. The van der Waals surface area contributed by atoms with E-state index in [0.717, 1.165) is 36.3 Å². The van der Waals surface area contributed by atoms with Gasteiger partial charge in [-0.05, 0) is 36.9 Å². The van der Waals surface area contributed by atoms with E-state index in [0.29, 0.717) is 6.01 Å². The molecule has 0 fully saturated rings. The van der Waals surface area contributed by atoms with Crippen LogP contribution in [0.1, 0.15) is 5.56 Å². The van der Waals surface area contributed by atoms with Crippen molar-refractivity contribution in [3.63, 3.8) is 0 Å². The van der Waals surface area contributed by atoms with Crippen LogP contribution in [-0.4, -0.2) is 30.0 Å². The Morgan fingerprint density at radius 1 is 1.14 bits per heavy atom. The van der Waals surface area contributed by atoms with Gasteiger partial charge in [-0.2, -0.15) is 4.98 Å². The van der Waals surface area contributed by atoms with Gasteiger partial charge < -0.3 is 14.6 Å². The molecule has 0 aliphatic heterocycles. The van der Waals surface area contributed by atoms with Crippen LogP contribution in [0.2, 0.25) is 0 Å². The molecule has 0 bridgehead atoms. The monoisotopic (exact) mass is 299 g/mol. The second-order valence-electron chi connectivity index (χ2n) is 5.28. The topological polar surface area (TPSA) is 41.3 Å². The van der Waals surface area contributed by atoms with E-state index >= 15 is 0 Å². The van der Waals surface area contributed by atoms with Gasteiger partial charge in [0, 0.05) is 19.6 Å². The van der Waals surface area contributed by atoms with Crippen LogP contribution in [0.25, 0.3) is 11.1 Å². The maximum absolute atomic E-state index is 12.9. The standard InChI is InChI=1S/C17H18FN3O/c1-21(12-13-6-8-14(18)9-7-13)11-10-19-17-20-15-4-2-3-5-16(15)22-17/h2-9H,10-12H2,1H3,(H,19,20). The van der Waals surface area contributed by atoms with Crippen molar-refractivity contribution < 1.29 is 8.81 Å². The number of hydrogen-bond acceptors (Lipinski definition) is 4. The average Bonchev–Trinajstić information content (AvgIpc) is 2.92. The molecule has 1 N–H and O–H groups in total. The van der Waals surface area contributed by atoms with E-state index in [1.165, 1.54) is 12.1 Å². The lowest BCUT2D eigenvalue weighted by Crippen LogP contribution is -2.24. The van der Waals surface area contributed by atoms with Crippen molar-refractivity contribution in [2.45, 2.75) is 6.54 Å². The summed E-state index contributed by atoms with van der Waals surface area (Å²) in [5, 5.41) is 3.18. The molecule has 5 heteroatoms. The molecule has 0 amide bonds. The van der Waals surface area contributed by atoms with Crippen molar-refractivity contribution in [3.05, 3.63) is 59.9 Å². The number of fused-ring (bicyclic) bond motifs is 1. The van der Waals surface area contributed by atoms with Gasteiger partial charge in [-0.3, -0.25) is 0 Å². The van der Waals surface area contributed by atoms with Crippen molar-refractivity contribution in [2.24, 2.45) is 0 Å². The molecular weight excluding hydrogens is 281 g/mol. The molecule has 0 aliphatic carbocycles. The average molecular weight is 299 g/mol. The molecule has 0 unspecified atom stereocenters. The van der Waals surface area contributed by atoms with Gasteiger partial charge in [0.1, 0.15) is 11.3 Å². The zero-order valence-electron chi connectivity index (χ0n) is 12.4. The van der Waals surface area contributed by atoms with Crippen LogP contribution in [0.4, 0.5) is 10.4 Å². The minimum atomic E-state index is -0.205. The van der Waals surface area contributed by atoms with Crippen LogP contribution in [0, 0.1) is 5.82 Å². The molecule has 0 aliphatic rings. The number of para-hydroxylation sites is 2. The number of benzene rings is 2. The maximum atomic E-state index is 12.9. The molecule has 0 saturated carbocycles. The summed E-state index contributed by atoms with van der Waals surface area (Å²) in [6.45, 7) is 2.33. The molecule has 22 heavy (non-hydrogen) atoms. The van der Waals surface area contributed by atoms with Crippen molar-refractivity contribution in [1.29, 1.82) is 0 Å². The van der Waals surface area contributed by atoms with Crippen molar-refractivity contribution in [3.8, 4) is 0 Å². The molecule has 0 radical (unpaired) electrons. The minimum absolute atomic E-state index is 0.205. The zero-order valence-corrected chi connectivity index (χ0v) is 12.4. The van der Waals surface area contributed by atoms with E-state index < -0.39 is 0 Å². The predicted octanol–water partition coefficient (Wildman–Crippen LogP) is 3.51. The van der Waals surface area contributed by atoms with Crippen molar-refractivity contribution in [2.75, 3.05) is 25.5 Å². The van der Waals surface area contributed by atoms with E-state index in [-0.39, 0.29) is 5.82 Å². The fourth-order valence-corrected chi connectivity index (χ4v) is 2.28. The van der Waals surface area contributed by atoms with Gasteiger partial charge in [-0.15, -0.1) is 0 Å². The Bertz CT molecular complexity index is 706. The number of nitrogens with one attached hydrogen (secondary N) is 1. The largest absolute Gasteiger partial charge is 0.424 e. The summed E-state index contributed by atoms with van der Waals surface area (Å²) >= 11 is 0. The number of aromatic nitrogens is 1. The van der Waals surface area contributed by atoms with Gasteiger partial charge in [-0.25, -0.2) is 4.39 Å². The molecule has 0 saturated heterocycles. The Morgan fingerprint density at radius 2 is 1.91 bits per heavy atom. The summed E-state index contributed by atoms with van der Waals surface area (Å²) in [6.07, 6.45) is 0. The van der Waals surface area contributed by atoms with Crippen LogP contribution >= 0.6 is 0 Å². The summed E-state index contributed by atoms with van der Waals surface area (Å²) in [5.41, 5.74) is 2.72. The molecule has 3 rings (SSSR count). The lowest BCUT2D eigenvalue weighted by Gasteiger charge is -2.16. The number of likely N-dealkylation sites (N-methyl/N-ethyl adjacent to an activating group) is 1. The van der Waals surface area contributed by atoms with Gasteiger partial charge in [-0.1, -0.05) is 24.3 Å². The highest BCUT2D eigenvalue weighted by atomic mass is 19.1. The van der Waals surface area contributed by atoms with E-state index in [4.69, 9.17) is 4.42 Å². The van der Waals surface area contributed by atoms with Crippen molar-refractivity contribution in [1.82, 2.24) is 9.88 Å². The maximum Gasteiger partial charge on any atom is 0.295 e. The highest BCUT2D eigenvalue weighted by Gasteiger charge is 2.05. The number of anilines is 1. The van der Waals surface area contributed by atoms with Crippen LogP contribution in [-0.2, 0) is 6.54 Å². The van der Waals surface area contributed by atoms with Crippen LogP contribution in [0.3, 0.4) is 0 Å². The number of nitrogens with zero attached hydrogens (tertiary/aromatic N) is 2. The fourth-order valence-electron chi connectivity index (χ4n) is 2.28. The Balaban J connectivity index is 1.48. The second kappa shape index (κ2) is 6.58. The number of halogens is 1. The lowest BCUT2D eigenvalue weighted by molar-refractivity contribution is 0.339. The fraction of sp³-hybridized carbons (Fsp3) is 0.235. The van der Waals surface area contributed by atoms with Crippen LogP contribution < -0.4 is 5.32 Å². The quantitative estimate of drug-likeness (QED) is 0.756. The smallest absolute Gasteiger partial charge is 0.295 e.